The Morgan fingerprint density at radius 3 is 1.95 bits per heavy atom. The van der Waals surface area contributed by atoms with Gasteiger partial charge in [0.2, 0.25) is 5.91 Å². The van der Waals surface area contributed by atoms with Crippen molar-refractivity contribution >= 4 is 18.0 Å². The van der Waals surface area contributed by atoms with Crippen LogP contribution in [-0.2, 0) is 25.5 Å². The van der Waals surface area contributed by atoms with Crippen LogP contribution in [0.2, 0.25) is 0 Å². The Hall–Kier alpha value is -4.17. The number of aliphatic carboxylic acids is 1. The Kier molecular flexibility index (Phi) is 8.66. The van der Waals surface area contributed by atoms with Crippen molar-refractivity contribution in [3.05, 3.63) is 95.6 Å². The number of hydrogen-bond acceptors (Lipinski definition) is 5. The molecule has 0 saturated heterocycles. The van der Waals surface area contributed by atoms with Gasteiger partial charge in [0.1, 0.15) is 12.6 Å². The average Bonchev–Trinajstić information content (AvgIpc) is 3.23. The van der Waals surface area contributed by atoms with Crippen molar-refractivity contribution in [2.45, 2.75) is 50.8 Å². The third-order valence-electron chi connectivity index (χ3n) is 6.53. The Morgan fingerprint density at radius 1 is 0.821 bits per heavy atom. The minimum atomic E-state index is -1.28. The monoisotopic (exact) mass is 530 g/mol. The zero-order chi connectivity index (χ0) is 28.0. The molecule has 3 aromatic rings. The number of benzene rings is 3. The molecule has 0 heterocycles. The summed E-state index contributed by atoms with van der Waals surface area (Å²) in [6.45, 7) is 5.27. The molecule has 0 bridgehead atoms. The molecule has 8 heteroatoms. The standard InChI is InChI=1S/C31H34N2O6/c1-31(2,3)39-19-27(29(35)36)32-28(34)26(17-20-11-5-4-6-12-20)33-30(37)38-18-25-23-15-9-7-13-21(23)22-14-8-10-16-24(22)25/h4-16,25-27H,17-19H2,1-3H3,(H,32,34)(H,33,37)(H,35,36)/t26-,27+/m1/s1. The van der Waals surface area contributed by atoms with Crippen LogP contribution >= 0.6 is 0 Å². The van der Waals surface area contributed by atoms with Gasteiger partial charge in [-0.3, -0.25) is 4.79 Å². The van der Waals surface area contributed by atoms with E-state index in [1.807, 2.05) is 66.7 Å². The fourth-order valence-electron chi connectivity index (χ4n) is 4.62. The lowest BCUT2D eigenvalue weighted by Crippen LogP contribution is -2.54. The van der Waals surface area contributed by atoms with Crippen LogP contribution < -0.4 is 10.6 Å². The highest BCUT2D eigenvalue weighted by Crippen LogP contribution is 2.44. The summed E-state index contributed by atoms with van der Waals surface area (Å²) >= 11 is 0. The highest BCUT2D eigenvalue weighted by atomic mass is 16.5. The van der Waals surface area contributed by atoms with Crippen LogP contribution in [0.3, 0.4) is 0 Å². The van der Waals surface area contributed by atoms with E-state index in [-0.39, 0.29) is 25.6 Å². The predicted molar refractivity (Wildman–Crippen MR) is 147 cm³/mol. The first kappa shape index (κ1) is 27.9. The largest absolute Gasteiger partial charge is 0.480 e. The molecule has 0 radical (unpaired) electrons. The van der Waals surface area contributed by atoms with Gasteiger partial charge in [-0.15, -0.1) is 0 Å². The molecule has 3 aromatic carbocycles. The number of carboxylic acid groups (broad SMARTS) is 1. The third-order valence-corrected chi connectivity index (χ3v) is 6.53. The molecule has 2 atom stereocenters. The van der Waals surface area contributed by atoms with Crippen molar-refractivity contribution < 1.29 is 29.0 Å². The molecule has 0 saturated carbocycles. The van der Waals surface area contributed by atoms with E-state index in [1.54, 1.807) is 20.8 Å². The lowest BCUT2D eigenvalue weighted by atomic mass is 9.98. The summed E-state index contributed by atoms with van der Waals surface area (Å²) in [7, 11) is 0. The van der Waals surface area contributed by atoms with Crippen LogP contribution in [-0.4, -0.2) is 54.0 Å². The smallest absolute Gasteiger partial charge is 0.407 e. The number of nitrogens with one attached hydrogen (secondary N) is 2. The molecule has 0 fully saturated rings. The van der Waals surface area contributed by atoms with Gasteiger partial charge in [-0.25, -0.2) is 9.59 Å². The van der Waals surface area contributed by atoms with E-state index in [1.165, 1.54) is 0 Å². The highest BCUT2D eigenvalue weighted by Gasteiger charge is 2.31. The number of carboxylic acids is 1. The Balaban J connectivity index is 1.45. The lowest BCUT2D eigenvalue weighted by Gasteiger charge is -2.25. The van der Waals surface area contributed by atoms with E-state index in [9.17, 15) is 19.5 Å². The van der Waals surface area contributed by atoms with E-state index in [4.69, 9.17) is 9.47 Å². The van der Waals surface area contributed by atoms with Crippen LogP contribution in [0.4, 0.5) is 4.79 Å². The van der Waals surface area contributed by atoms with Crippen LogP contribution in [0.5, 0.6) is 0 Å². The third kappa shape index (κ3) is 7.23. The topological polar surface area (TPSA) is 114 Å². The quantitative estimate of drug-likeness (QED) is 0.355. The van der Waals surface area contributed by atoms with Crippen LogP contribution in [0.15, 0.2) is 78.9 Å². The van der Waals surface area contributed by atoms with Crippen molar-refractivity contribution in [1.29, 1.82) is 0 Å². The summed E-state index contributed by atoms with van der Waals surface area (Å²) in [5, 5.41) is 14.8. The fraction of sp³-hybridized carbons (Fsp3) is 0.323. The number of ether oxygens (including phenoxy) is 2. The van der Waals surface area contributed by atoms with Gasteiger partial charge in [0.05, 0.1) is 12.2 Å². The Labute approximate surface area is 228 Å². The first-order chi connectivity index (χ1) is 18.6. The molecule has 39 heavy (non-hydrogen) atoms. The van der Waals surface area contributed by atoms with Crippen LogP contribution in [0, 0.1) is 0 Å². The molecule has 0 aromatic heterocycles. The normalized spacial score (nSPS) is 14.0. The van der Waals surface area contributed by atoms with Crippen LogP contribution in [0.1, 0.15) is 43.4 Å². The van der Waals surface area contributed by atoms with Crippen molar-refractivity contribution in [2.75, 3.05) is 13.2 Å². The van der Waals surface area contributed by atoms with Gasteiger partial charge in [-0.2, -0.15) is 0 Å². The summed E-state index contributed by atoms with van der Waals surface area (Å²) in [4.78, 5) is 38.0. The second kappa shape index (κ2) is 12.1. The van der Waals surface area contributed by atoms with Gasteiger partial charge in [0.25, 0.3) is 0 Å². The van der Waals surface area contributed by atoms with Crippen molar-refractivity contribution in [3.63, 3.8) is 0 Å². The summed E-state index contributed by atoms with van der Waals surface area (Å²) < 4.78 is 11.2. The first-order valence-electron chi connectivity index (χ1n) is 12.9. The van der Waals surface area contributed by atoms with E-state index in [0.717, 1.165) is 27.8 Å². The second-order valence-electron chi connectivity index (χ2n) is 10.5. The number of alkyl carbamates (subject to hydrolysis) is 1. The van der Waals surface area contributed by atoms with Gasteiger partial charge in [0, 0.05) is 12.3 Å². The van der Waals surface area contributed by atoms with Crippen molar-refractivity contribution in [1.82, 2.24) is 10.6 Å². The molecule has 0 spiro atoms. The number of carbonyl (C=O) groups is 3. The maximum Gasteiger partial charge on any atom is 0.407 e. The molecule has 2 amide bonds. The van der Waals surface area contributed by atoms with Gasteiger partial charge < -0.3 is 25.2 Å². The minimum Gasteiger partial charge on any atom is -0.480 e. The number of rotatable bonds is 10. The van der Waals surface area contributed by atoms with Gasteiger partial charge >= 0.3 is 12.1 Å². The second-order valence-corrected chi connectivity index (χ2v) is 10.5. The van der Waals surface area contributed by atoms with E-state index < -0.39 is 35.7 Å². The molecule has 1 aliphatic rings. The number of fused-ring (bicyclic) bond motifs is 3. The highest BCUT2D eigenvalue weighted by molar-refractivity contribution is 5.89. The molecule has 3 N–H and O–H groups in total. The molecule has 0 aliphatic heterocycles. The lowest BCUT2D eigenvalue weighted by molar-refractivity contribution is -0.145. The molecular formula is C31H34N2O6. The summed E-state index contributed by atoms with van der Waals surface area (Å²) in [5.74, 6) is -2.00. The Morgan fingerprint density at radius 2 is 1.38 bits per heavy atom. The molecule has 8 nitrogen and oxygen atoms in total. The van der Waals surface area contributed by atoms with E-state index in [0.29, 0.717) is 0 Å². The molecule has 1 aliphatic carbocycles. The molecular weight excluding hydrogens is 496 g/mol. The van der Waals surface area contributed by atoms with Crippen molar-refractivity contribution in [2.24, 2.45) is 0 Å². The SMILES string of the molecule is CC(C)(C)OC[C@H](NC(=O)[C@@H](Cc1ccccc1)NC(=O)OCC1c2ccccc2-c2ccccc21)C(=O)O. The van der Waals surface area contributed by atoms with Crippen molar-refractivity contribution in [3.8, 4) is 11.1 Å². The number of hydrogen-bond donors (Lipinski definition) is 3. The van der Waals surface area contributed by atoms with Gasteiger partial charge in [-0.1, -0.05) is 78.9 Å². The predicted octanol–water partition coefficient (Wildman–Crippen LogP) is 4.52. The Bertz CT molecular complexity index is 1270. The first-order valence-corrected chi connectivity index (χ1v) is 12.9. The molecule has 4 rings (SSSR count). The molecule has 0 unspecified atom stereocenters. The van der Waals surface area contributed by atoms with E-state index >= 15 is 0 Å². The zero-order valence-electron chi connectivity index (χ0n) is 22.3. The number of carbonyl (C=O) groups excluding carboxylic acids is 2. The summed E-state index contributed by atoms with van der Waals surface area (Å²) in [5.41, 5.74) is 4.60. The summed E-state index contributed by atoms with van der Waals surface area (Å²) in [6.07, 6.45) is -0.602. The van der Waals surface area contributed by atoms with Gasteiger partial charge in [-0.05, 0) is 48.6 Å². The summed E-state index contributed by atoms with van der Waals surface area (Å²) in [6, 6.07) is 22.9. The van der Waals surface area contributed by atoms with Gasteiger partial charge in [0.15, 0.2) is 6.04 Å². The maximum atomic E-state index is 13.2. The number of amides is 2. The van der Waals surface area contributed by atoms with E-state index in [2.05, 4.69) is 22.8 Å². The van der Waals surface area contributed by atoms with Crippen LogP contribution in [0.25, 0.3) is 11.1 Å². The maximum absolute atomic E-state index is 13.2. The zero-order valence-corrected chi connectivity index (χ0v) is 22.3. The minimum absolute atomic E-state index is 0.0940. The molecule has 204 valence electrons. The average molecular weight is 531 g/mol. The fourth-order valence-corrected chi connectivity index (χ4v) is 4.62.